The zero-order valence-corrected chi connectivity index (χ0v) is 25.5. The first-order valence-corrected chi connectivity index (χ1v) is 15.7. The molecule has 0 bridgehead atoms. The van der Waals surface area contributed by atoms with E-state index < -0.39 is 9.04 Å². The van der Waals surface area contributed by atoms with E-state index in [1.807, 2.05) is 48.5 Å². The van der Waals surface area contributed by atoms with E-state index in [4.69, 9.17) is 13.9 Å². The average Bonchev–Trinajstić information content (AvgIpc) is 2.83. The Hall–Kier alpha value is -1.87. The molecule has 0 spiro atoms. The van der Waals surface area contributed by atoms with Crippen molar-refractivity contribution in [3.8, 4) is 11.8 Å². The number of esters is 1. The molecule has 0 aliphatic carbocycles. The van der Waals surface area contributed by atoms with Gasteiger partial charge in [-0.3, -0.25) is 0 Å². The number of methoxy groups -OCH3 is 1. The standard InChI is InChI=1S/C30H41O4SeSi/c1-29(2,3)36(30(4,5)6)34-25(17-14-22-33-23-24-15-10-8-11-16-24)20-21-27(28(31)32-7)35-26-18-12-9-13-19-26/h8-13,15-16,18-19,25,27H,20-23H2,1-7H3. The quantitative estimate of drug-likeness (QED) is 0.144. The van der Waals surface area contributed by atoms with Crippen molar-refractivity contribution in [2.45, 2.75) is 82.0 Å². The van der Waals surface area contributed by atoms with Crippen LogP contribution in [-0.2, 0) is 25.3 Å². The summed E-state index contributed by atoms with van der Waals surface area (Å²) < 4.78 is 18.9. The number of carbonyl (C=O) groups is 1. The minimum atomic E-state index is -1.24. The maximum absolute atomic E-state index is 12.6. The molecule has 36 heavy (non-hydrogen) atoms. The summed E-state index contributed by atoms with van der Waals surface area (Å²) in [5.41, 5.74) is 1.13. The first-order chi connectivity index (χ1) is 17.0. The second-order valence-electron chi connectivity index (χ2n) is 10.8. The Bertz CT molecular complexity index is 957. The van der Waals surface area contributed by atoms with Crippen molar-refractivity contribution in [1.29, 1.82) is 0 Å². The summed E-state index contributed by atoms with van der Waals surface area (Å²) in [5.74, 6) is 6.37. The molecule has 0 aromatic heterocycles. The van der Waals surface area contributed by atoms with Gasteiger partial charge in [0.1, 0.15) is 0 Å². The number of hydrogen-bond donors (Lipinski definition) is 0. The van der Waals surface area contributed by atoms with Crippen LogP contribution in [0.5, 0.6) is 0 Å². The van der Waals surface area contributed by atoms with Crippen LogP contribution in [-0.4, -0.2) is 49.8 Å². The third-order valence-corrected chi connectivity index (χ3v) is 11.2. The Morgan fingerprint density at radius 1 is 0.917 bits per heavy atom. The molecule has 2 atom stereocenters. The molecule has 2 aromatic carbocycles. The minimum absolute atomic E-state index is 0.0209. The van der Waals surface area contributed by atoms with Crippen molar-refractivity contribution in [2.24, 2.45) is 0 Å². The molecule has 0 fully saturated rings. The molecule has 0 saturated heterocycles. The first-order valence-electron chi connectivity index (χ1n) is 12.4. The SMILES string of the molecule is COC(=O)C(CCC(C#CCOCc1ccccc1)O[Si](C(C)(C)C)C(C)(C)C)[Se]c1ccccc1. The molecule has 0 N–H and O–H groups in total. The monoisotopic (exact) mass is 573 g/mol. The van der Waals surface area contributed by atoms with Crippen LogP contribution in [0.25, 0.3) is 0 Å². The predicted octanol–water partition coefficient (Wildman–Crippen LogP) is 5.95. The van der Waals surface area contributed by atoms with E-state index in [9.17, 15) is 4.79 Å². The topological polar surface area (TPSA) is 44.8 Å². The van der Waals surface area contributed by atoms with Gasteiger partial charge in [-0.15, -0.1) is 0 Å². The average molecular weight is 573 g/mol. The Labute approximate surface area is 226 Å². The molecule has 0 aliphatic rings. The molecular formula is C30H41O4SeSi. The van der Waals surface area contributed by atoms with Crippen LogP contribution in [0.15, 0.2) is 60.7 Å². The van der Waals surface area contributed by atoms with Crippen LogP contribution in [0, 0.1) is 11.8 Å². The van der Waals surface area contributed by atoms with Gasteiger partial charge in [0.2, 0.25) is 0 Å². The second-order valence-corrected chi connectivity index (χ2v) is 17.3. The van der Waals surface area contributed by atoms with Crippen molar-refractivity contribution in [2.75, 3.05) is 13.7 Å². The predicted molar refractivity (Wildman–Crippen MR) is 151 cm³/mol. The van der Waals surface area contributed by atoms with Gasteiger partial charge in [-0.1, -0.05) is 6.07 Å². The molecule has 0 saturated carbocycles. The van der Waals surface area contributed by atoms with E-state index in [1.54, 1.807) is 0 Å². The molecule has 4 nitrogen and oxygen atoms in total. The fraction of sp³-hybridized carbons (Fsp3) is 0.500. The summed E-state index contributed by atoms with van der Waals surface area (Å²) >= 11 is -0.0209. The van der Waals surface area contributed by atoms with Crippen LogP contribution < -0.4 is 4.46 Å². The van der Waals surface area contributed by atoms with E-state index in [1.165, 1.54) is 11.6 Å². The third-order valence-electron chi connectivity index (χ3n) is 5.35. The summed E-state index contributed by atoms with van der Waals surface area (Å²) in [4.78, 5) is 12.4. The fourth-order valence-electron chi connectivity index (χ4n) is 4.05. The summed E-state index contributed by atoms with van der Waals surface area (Å²) in [6, 6.07) is 20.3. The van der Waals surface area contributed by atoms with Crippen LogP contribution in [0.3, 0.4) is 0 Å². The van der Waals surface area contributed by atoms with E-state index in [2.05, 4.69) is 65.5 Å². The van der Waals surface area contributed by atoms with Gasteiger partial charge in [-0.25, -0.2) is 0 Å². The van der Waals surface area contributed by atoms with Gasteiger partial charge < -0.3 is 0 Å². The molecule has 0 aliphatic heterocycles. The molecular weight excluding hydrogens is 531 g/mol. The van der Waals surface area contributed by atoms with Crippen molar-refractivity contribution >= 4 is 34.4 Å². The summed E-state index contributed by atoms with van der Waals surface area (Å²) in [5, 5.41) is 0.0881. The second kappa shape index (κ2) is 14.8. The maximum atomic E-state index is 12.6. The van der Waals surface area contributed by atoms with Gasteiger partial charge in [0.15, 0.2) is 0 Å². The van der Waals surface area contributed by atoms with Gasteiger partial charge in [-0.2, -0.15) is 0 Å². The number of benzene rings is 2. The normalized spacial score (nSPS) is 13.6. The summed E-state index contributed by atoms with van der Waals surface area (Å²) in [6.45, 7) is 14.4. The first kappa shape index (κ1) is 30.4. The van der Waals surface area contributed by atoms with Gasteiger partial charge >= 0.3 is 221 Å². The van der Waals surface area contributed by atoms with E-state index in [-0.39, 0.29) is 41.9 Å². The molecule has 0 heterocycles. The molecule has 195 valence electrons. The number of hydrogen-bond acceptors (Lipinski definition) is 4. The number of ether oxygens (including phenoxy) is 2. The Morgan fingerprint density at radius 3 is 2.06 bits per heavy atom. The third kappa shape index (κ3) is 11.0. The summed E-state index contributed by atoms with van der Waals surface area (Å²) in [7, 11) is 0.223. The van der Waals surface area contributed by atoms with Crippen molar-refractivity contribution in [3.63, 3.8) is 0 Å². The molecule has 2 rings (SSSR count). The Kier molecular flexibility index (Phi) is 12.4. The van der Waals surface area contributed by atoms with Crippen molar-refractivity contribution in [3.05, 3.63) is 66.2 Å². The molecule has 1 radical (unpaired) electrons. The van der Waals surface area contributed by atoms with Crippen LogP contribution in [0.1, 0.15) is 59.9 Å². The Balaban J connectivity index is 2.13. The van der Waals surface area contributed by atoms with E-state index >= 15 is 0 Å². The fourth-order valence-corrected chi connectivity index (χ4v) is 9.76. The Morgan fingerprint density at radius 2 is 1.50 bits per heavy atom. The van der Waals surface area contributed by atoms with E-state index in [0.717, 1.165) is 5.56 Å². The van der Waals surface area contributed by atoms with Gasteiger partial charge in [0.05, 0.1) is 0 Å². The molecule has 2 unspecified atom stereocenters. The van der Waals surface area contributed by atoms with Crippen LogP contribution in [0.2, 0.25) is 14.9 Å². The van der Waals surface area contributed by atoms with Crippen LogP contribution in [0.4, 0.5) is 0 Å². The van der Waals surface area contributed by atoms with Crippen molar-refractivity contribution < 1.29 is 18.7 Å². The molecule has 2 aromatic rings. The zero-order valence-electron chi connectivity index (χ0n) is 22.8. The molecule has 0 amide bonds. The van der Waals surface area contributed by atoms with Crippen molar-refractivity contribution in [1.82, 2.24) is 0 Å². The van der Waals surface area contributed by atoms with Gasteiger partial charge in [-0.05, 0) is 0 Å². The van der Waals surface area contributed by atoms with Gasteiger partial charge in [0.25, 0.3) is 0 Å². The summed E-state index contributed by atoms with van der Waals surface area (Å²) in [6.07, 6.45) is 1.10. The van der Waals surface area contributed by atoms with E-state index in [0.29, 0.717) is 26.1 Å². The van der Waals surface area contributed by atoms with Crippen LogP contribution >= 0.6 is 0 Å². The molecule has 6 heteroatoms. The number of rotatable bonds is 11. The van der Waals surface area contributed by atoms with Gasteiger partial charge in [0, 0.05) is 0 Å². The zero-order chi connectivity index (χ0) is 26.6. The number of carbonyl (C=O) groups excluding carboxylic acids is 1.